The number of para-hydroxylation sites is 1. The number of hydrogen-bond donors (Lipinski definition) is 1. The highest BCUT2D eigenvalue weighted by Crippen LogP contribution is 2.31. The van der Waals surface area contributed by atoms with Crippen LogP contribution in [0.2, 0.25) is 5.02 Å². The molecule has 160 valence electrons. The minimum absolute atomic E-state index is 0.121. The van der Waals surface area contributed by atoms with Gasteiger partial charge >= 0.3 is 0 Å². The molecule has 0 saturated heterocycles. The summed E-state index contributed by atoms with van der Waals surface area (Å²) in [6.07, 6.45) is 1.61. The number of rotatable bonds is 5. The van der Waals surface area contributed by atoms with Crippen molar-refractivity contribution in [1.82, 2.24) is 4.98 Å². The molecular formula is C26H17ClN4OS. The first-order valence-electron chi connectivity index (χ1n) is 10.1. The Morgan fingerprint density at radius 2 is 1.48 bits per heavy atom. The Bertz CT molecular complexity index is 1440. The fraction of sp³-hybridized carbons (Fsp3) is 0. The number of hydrogen-bond acceptors (Lipinski definition) is 6. The number of halogens is 1. The minimum atomic E-state index is 0.121. The SMILES string of the molecule is Oc1ccc(N=Nc2ccc(Cl)cc2)cc1C=Nc1ccc(-c2nc3ccccc3s2)cc1. The predicted molar refractivity (Wildman–Crippen MR) is 136 cm³/mol. The van der Waals surface area contributed by atoms with Crippen molar-refractivity contribution < 1.29 is 5.11 Å². The van der Waals surface area contributed by atoms with Crippen LogP contribution in [0.1, 0.15) is 5.56 Å². The monoisotopic (exact) mass is 468 g/mol. The predicted octanol–water partition coefficient (Wildman–Crippen LogP) is 8.49. The largest absolute Gasteiger partial charge is 0.507 e. The summed E-state index contributed by atoms with van der Waals surface area (Å²) in [5.74, 6) is 0.121. The molecule has 7 heteroatoms. The molecule has 0 amide bonds. The molecule has 0 aliphatic rings. The quantitative estimate of drug-likeness (QED) is 0.207. The zero-order valence-electron chi connectivity index (χ0n) is 17.3. The second kappa shape index (κ2) is 9.32. The van der Waals surface area contributed by atoms with Crippen molar-refractivity contribution >= 4 is 56.4 Å². The molecule has 33 heavy (non-hydrogen) atoms. The molecule has 0 atom stereocenters. The fourth-order valence-corrected chi connectivity index (χ4v) is 4.26. The molecule has 0 radical (unpaired) electrons. The van der Waals surface area contributed by atoms with Crippen LogP contribution in [0.4, 0.5) is 17.1 Å². The summed E-state index contributed by atoms with van der Waals surface area (Å²) in [5.41, 5.74) is 4.67. The van der Waals surface area contributed by atoms with E-state index in [2.05, 4.69) is 21.3 Å². The van der Waals surface area contributed by atoms with Crippen LogP contribution in [0.5, 0.6) is 5.75 Å². The van der Waals surface area contributed by atoms with E-state index in [1.807, 2.05) is 42.5 Å². The highest BCUT2D eigenvalue weighted by atomic mass is 35.5. The van der Waals surface area contributed by atoms with Crippen molar-refractivity contribution in [3.8, 4) is 16.3 Å². The maximum absolute atomic E-state index is 10.2. The van der Waals surface area contributed by atoms with Gasteiger partial charge in [-0.3, -0.25) is 4.99 Å². The summed E-state index contributed by atoms with van der Waals surface area (Å²) in [6, 6.07) is 28.0. The van der Waals surface area contributed by atoms with Crippen LogP contribution in [-0.2, 0) is 0 Å². The smallest absolute Gasteiger partial charge is 0.124 e. The van der Waals surface area contributed by atoms with Crippen LogP contribution in [0.3, 0.4) is 0 Å². The number of aromatic nitrogens is 1. The van der Waals surface area contributed by atoms with E-state index in [1.54, 1.807) is 60.0 Å². The number of aromatic hydroxyl groups is 1. The van der Waals surface area contributed by atoms with E-state index in [1.165, 1.54) is 0 Å². The normalized spacial score (nSPS) is 11.7. The van der Waals surface area contributed by atoms with Gasteiger partial charge in [-0.05, 0) is 78.9 Å². The molecule has 0 fully saturated rings. The number of phenols is 1. The molecule has 0 spiro atoms. The molecule has 1 aromatic heterocycles. The average molecular weight is 469 g/mol. The molecule has 0 unspecified atom stereocenters. The summed E-state index contributed by atoms with van der Waals surface area (Å²) < 4.78 is 1.16. The Morgan fingerprint density at radius 3 is 2.27 bits per heavy atom. The van der Waals surface area contributed by atoms with Gasteiger partial charge in [0.05, 0.1) is 27.3 Å². The molecular weight excluding hydrogens is 452 g/mol. The van der Waals surface area contributed by atoms with E-state index in [9.17, 15) is 5.11 Å². The van der Waals surface area contributed by atoms with E-state index in [-0.39, 0.29) is 5.75 Å². The summed E-state index contributed by atoms with van der Waals surface area (Å²) in [6.45, 7) is 0. The lowest BCUT2D eigenvalue weighted by Crippen LogP contribution is -1.82. The fourth-order valence-electron chi connectivity index (χ4n) is 3.16. The summed E-state index contributed by atoms with van der Waals surface area (Å²) in [5, 5.41) is 20.2. The van der Waals surface area contributed by atoms with E-state index < -0.39 is 0 Å². The third-order valence-electron chi connectivity index (χ3n) is 4.88. The van der Waals surface area contributed by atoms with Crippen molar-refractivity contribution in [3.63, 3.8) is 0 Å². The number of azo groups is 1. The third kappa shape index (κ3) is 4.98. The molecule has 0 bridgehead atoms. The van der Waals surface area contributed by atoms with E-state index >= 15 is 0 Å². The number of phenolic OH excluding ortho intramolecular Hbond substituents is 1. The molecule has 0 aliphatic heterocycles. The van der Waals surface area contributed by atoms with Gasteiger partial charge in [0.1, 0.15) is 10.8 Å². The van der Waals surface area contributed by atoms with Gasteiger partial charge in [0, 0.05) is 22.4 Å². The second-order valence-electron chi connectivity index (χ2n) is 7.21. The van der Waals surface area contributed by atoms with Crippen molar-refractivity contribution in [2.45, 2.75) is 0 Å². The summed E-state index contributed by atoms with van der Waals surface area (Å²) in [7, 11) is 0. The second-order valence-corrected chi connectivity index (χ2v) is 8.68. The van der Waals surface area contributed by atoms with Gasteiger partial charge < -0.3 is 5.11 Å². The Labute approximate surface area is 199 Å². The highest BCUT2D eigenvalue weighted by Gasteiger charge is 2.06. The number of fused-ring (bicyclic) bond motifs is 1. The van der Waals surface area contributed by atoms with E-state index in [4.69, 9.17) is 16.6 Å². The first-order chi connectivity index (χ1) is 16.1. The summed E-state index contributed by atoms with van der Waals surface area (Å²) >= 11 is 7.56. The highest BCUT2D eigenvalue weighted by molar-refractivity contribution is 7.21. The molecule has 4 aromatic carbocycles. The maximum atomic E-state index is 10.2. The van der Waals surface area contributed by atoms with Gasteiger partial charge in [0.2, 0.25) is 0 Å². The van der Waals surface area contributed by atoms with Crippen LogP contribution >= 0.6 is 22.9 Å². The van der Waals surface area contributed by atoms with Gasteiger partial charge in [-0.1, -0.05) is 23.7 Å². The molecule has 0 aliphatic carbocycles. The topological polar surface area (TPSA) is 70.2 Å². The number of aliphatic imine (C=N–C) groups is 1. The zero-order valence-corrected chi connectivity index (χ0v) is 18.8. The minimum Gasteiger partial charge on any atom is -0.507 e. The summed E-state index contributed by atoms with van der Waals surface area (Å²) in [4.78, 5) is 9.19. The molecule has 5 aromatic rings. The first-order valence-corrected chi connectivity index (χ1v) is 11.3. The Hall–Kier alpha value is -3.87. The van der Waals surface area contributed by atoms with Crippen molar-refractivity contribution in [1.29, 1.82) is 0 Å². The average Bonchev–Trinajstić information content (AvgIpc) is 3.28. The van der Waals surface area contributed by atoms with Gasteiger partial charge in [0.15, 0.2) is 0 Å². The third-order valence-corrected chi connectivity index (χ3v) is 6.22. The maximum Gasteiger partial charge on any atom is 0.124 e. The first kappa shape index (κ1) is 21.0. The van der Waals surface area contributed by atoms with E-state index in [0.29, 0.717) is 22.0 Å². The number of thiazole rings is 1. The Kier molecular flexibility index (Phi) is 5.93. The Balaban J connectivity index is 1.33. The molecule has 0 saturated carbocycles. The van der Waals surface area contributed by atoms with Crippen LogP contribution in [0, 0.1) is 0 Å². The molecule has 1 N–H and O–H groups in total. The van der Waals surface area contributed by atoms with Gasteiger partial charge in [-0.15, -0.1) is 11.3 Å². The number of benzene rings is 4. The van der Waals surface area contributed by atoms with Crippen LogP contribution < -0.4 is 0 Å². The van der Waals surface area contributed by atoms with Gasteiger partial charge in [-0.2, -0.15) is 10.2 Å². The van der Waals surface area contributed by atoms with Crippen molar-refractivity contribution in [2.24, 2.45) is 15.2 Å². The lowest BCUT2D eigenvalue weighted by atomic mass is 10.2. The van der Waals surface area contributed by atoms with Crippen molar-refractivity contribution in [2.75, 3.05) is 0 Å². The van der Waals surface area contributed by atoms with Gasteiger partial charge in [-0.25, -0.2) is 4.98 Å². The molecule has 1 heterocycles. The van der Waals surface area contributed by atoms with Crippen LogP contribution in [-0.4, -0.2) is 16.3 Å². The Morgan fingerprint density at radius 1 is 0.788 bits per heavy atom. The van der Waals surface area contributed by atoms with Gasteiger partial charge in [0.25, 0.3) is 0 Å². The van der Waals surface area contributed by atoms with Crippen LogP contribution in [0.25, 0.3) is 20.8 Å². The van der Waals surface area contributed by atoms with E-state index in [0.717, 1.165) is 26.5 Å². The molecule has 5 rings (SSSR count). The standard InChI is InChI=1S/C26H17ClN4OS/c27-19-7-11-21(12-8-19)30-31-22-13-14-24(32)18(15-22)16-28-20-9-5-17(6-10-20)26-29-23-3-1-2-4-25(23)33-26/h1-16,32H. The lowest BCUT2D eigenvalue weighted by Gasteiger charge is -2.01. The van der Waals surface area contributed by atoms with Crippen LogP contribution in [0.15, 0.2) is 106 Å². The van der Waals surface area contributed by atoms with Crippen molar-refractivity contribution in [3.05, 3.63) is 102 Å². The zero-order chi connectivity index (χ0) is 22.6. The molecule has 5 nitrogen and oxygen atoms in total. The number of nitrogens with zero attached hydrogens (tertiary/aromatic N) is 4. The lowest BCUT2D eigenvalue weighted by molar-refractivity contribution is 0.474.